The lowest BCUT2D eigenvalue weighted by atomic mass is 9.88. The number of aromatic nitrogens is 4. The van der Waals surface area contributed by atoms with Crippen LogP contribution in [0.1, 0.15) is 46.5 Å². The van der Waals surface area contributed by atoms with Crippen molar-refractivity contribution in [3.8, 4) is 16.5 Å². The first-order valence-electron chi connectivity index (χ1n) is 14.9. The molecule has 14 nitrogen and oxygen atoms in total. The summed E-state index contributed by atoms with van der Waals surface area (Å²) in [6.45, 7) is 8.77. The van der Waals surface area contributed by atoms with Crippen molar-refractivity contribution < 1.29 is 32.6 Å². The van der Waals surface area contributed by atoms with Gasteiger partial charge in [0.25, 0.3) is 11.8 Å². The highest BCUT2D eigenvalue weighted by molar-refractivity contribution is 7.91. The Kier molecular flexibility index (Phi) is 8.09. The van der Waals surface area contributed by atoms with E-state index >= 15 is 0 Å². The molecule has 3 amide bonds. The van der Waals surface area contributed by atoms with Gasteiger partial charge in [0.05, 0.1) is 22.9 Å². The number of hydrogen-bond donors (Lipinski definition) is 3. The Morgan fingerprint density at radius 1 is 1.26 bits per heavy atom. The van der Waals surface area contributed by atoms with E-state index in [2.05, 4.69) is 36.6 Å². The van der Waals surface area contributed by atoms with Crippen LogP contribution < -0.4 is 14.8 Å². The Morgan fingerprint density at radius 3 is 2.65 bits per heavy atom. The summed E-state index contributed by atoms with van der Waals surface area (Å²) in [5, 5.41) is 14.9. The third-order valence-corrected chi connectivity index (χ3v) is 11.2. The van der Waals surface area contributed by atoms with E-state index in [9.17, 15) is 27.9 Å². The van der Waals surface area contributed by atoms with Gasteiger partial charge in [-0.2, -0.15) is 4.98 Å². The number of sulfonamides is 1. The van der Waals surface area contributed by atoms with Crippen LogP contribution in [0.4, 0.5) is 0 Å². The van der Waals surface area contributed by atoms with Crippen molar-refractivity contribution in [1.82, 2.24) is 34.9 Å². The van der Waals surface area contributed by atoms with Gasteiger partial charge in [-0.25, -0.2) is 23.4 Å². The minimum atomic E-state index is -3.87. The molecule has 3 aromatic heterocycles. The second-order valence-electron chi connectivity index (χ2n) is 13.0. The number of hydrogen-bond acceptors (Lipinski definition) is 12. The van der Waals surface area contributed by atoms with Gasteiger partial charge in [0.15, 0.2) is 5.65 Å². The van der Waals surface area contributed by atoms with Crippen LogP contribution in [-0.2, 0) is 24.4 Å². The fourth-order valence-corrected chi connectivity index (χ4v) is 7.60. The zero-order valence-corrected chi connectivity index (χ0v) is 27.2. The van der Waals surface area contributed by atoms with E-state index in [1.165, 1.54) is 34.8 Å². The van der Waals surface area contributed by atoms with Gasteiger partial charge in [0, 0.05) is 12.3 Å². The van der Waals surface area contributed by atoms with Crippen LogP contribution in [-0.4, -0.2) is 91.7 Å². The zero-order valence-electron chi connectivity index (χ0n) is 25.5. The Hall–Kier alpha value is -4.02. The third-order valence-electron chi connectivity index (χ3n) is 8.50. The largest absolute Gasteiger partial charge is 0.471 e. The lowest BCUT2D eigenvalue weighted by Gasteiger charge is -2.32. The monoisotopic (exact) mass is 669 g/mol. The zero-order chi connectivity index (χ0) is 33.0. The molecule has 16 heteroatoms. The topological polar surface area (TPSA) is 194 Å². The van der Waals surface area contributed by atoms with E-state index in [0.717, 1.165) is 4.88 Å². The van der Waals surface area contributed by atoms with Crippen LogP contribution in [0.2, 0.25) is 0 Å². The first kappa shape index (κ1) is 31.9. The standard InChI is InChI=1S/C30H35N7O7S2/c1-5-16-12-30(16,28(41)36-46(42,43)18-8-9-18)35-25(39)20-11-17(14-37(20)27(40)23(38)29(2,3)4)44-26-22(21-7-6-10-45-21)33-19-13-31-15-32-24(19)34-26/h5-7,10,13,15-18,20,23,38H,1,8-9,11-12,14H2,2-4H3,(H,35,39)(H,36,41)/t16-,17-,20+,23-,30-/m1/s1. The van der Waals surface area contributed by atoms with Gasteiger partial charge < -0.3 is 20.1 Å². The smallest absolute Gasteiger partial charge is 0.259 e. The summed E-state index contributed by atoms with van der Waals surface area (Å²) in [7, 11) is -3.87. The summed E-state index contributed by atoms with van der Waals surface area (Å²) in [5.74, 6) is -2.56. The molecule has 3 aromatic rings. The Morgan fingerprint density at radius 2 is 2.02 bits per heavy atom. The van der Waals surface area contributed by atoms with Gasteiger partial charge in [-0.15, -0.1) is 17.9 Å². The number of rotatable bonds is 10. The van der Waals surface area contributed by atoms with Gasteiger partial charge in [-0.3, -0.25) is 19.1 Å². The van der Waals surface area contributed by atoms with Crippen LogP contribution >= 0.6 is 11.3 Å². The molecule has 0 unspecified atom stereocenters. The second-order valence-corrected chi connectivity index (χ2v) is 15.9. The maximum atomic E-state index is 13.9. The Balaban J connectivity index is 1.29. The molecule has 3 N–H and O–H groups in total. The average Bonchev–Trinajstić information content (AvgIpc) is 3.88. The van der Waals surface area contributed by atoms with E-state index in [1.807, 2.05) is 17.5 Å². The van der Waals surface area contributed by atoms with Gasteiger partial charge in [-0.05, 0) is 36.1 Å². The number of nitrogens with zero attached hydrogens (tertiary/aromatic N) is 5. The van der Waals surface area contributed by atoms with E-state index in [0.29, 0.717) is 29.7 Å². The fraction of sp³-hybridized carbons (Fsp3) is 0.500. The number of likely N-dealkylation sites (tertiary alicyclic amines) is 1. The number of carbonyl (C=O) groups excluding carboxylic acids is 3. The Labute approximate surface area is 269 Å². The molecule has 3 aliphatic rings. The lowest BCUT2D eigenvalue weighted by Crippen LogP contribution is -2.57. The van der Waals surface area contributed by atoms with Crippen molar-refractivity contribution in [2.45, 2.75) is 75.5 Å². The van der Waals surface area contributed by atoms with Crippen LogP contribution in [0.3, 0.4) is 0 Å². The molecule has 244 valence electrons. The molecule has 2 saturated carbocycles. The number of nitrogens with one attached hydrogen (secondary N) is 2. The van der Waals surface area contributed by atoms with Gasteiger partial charge in [0.1, 0.15) is 41.3 Å². The number of thiophene rings is 1. The third kappa shape index (κ3) is 6.08. The first-order chi connectivity index (χ1) is 21.7. The van der Waals surface area contributed by atoms with Crippen molar-refractivity contribution in [2.24, 2.45) is 11.3 Å². The van der Waals surface area contributed by atoms with Gasteiger partial charge in [0.2, 0.25) is 21.8 Å². The number of aliphatic hydroxyl groups excluding tert-OH is 1. The van der Waals surface area contributed by atoms with E-state index in [-0.39, 0.29) is 25.3 Å². The predicted molar refractivity (Wildman–Crippen MR) is 168 cm³/mol. The molecule has 46 heavy (non-hydrogen) atoms. The van der Waals surface area contributed by atoms with Crippen molar-refractivity contribution in [2.75, 3.05) is 6.54 Å². The van der Waals surface area contributed by atoms with Crippen LogP contribution in [0.25, 0.3) is 21.7 Å². The average molecular weight is 670 g/mol. The quantitative estimate of drug-likeness (QED) is 0.265. The maximum Gasteiger partial charge on any atom is 0.259 e. The predicted octanol–water partition coefficient (Wildman–Crippen LogP) is 1.57. The molecule has 1 aliphatic heterocycles. The summed E-state index contributed by atoms with van der Waals surface area (Å²) in [4.78, 5) is 60.4. The second kappa shape index (κ2) is 11.7. The van der Waals surface area contributed by atoms with Crippen LogP contribution in [0, 0.1) is 11.3 Å². The van der Waals surface area contributed by atoms with Crippen molar-refractivity contribution in [1.29, 1.82) is 0 Å². The summed E-state index contributed by atoms with van der Waals surface area (Å²) in [6.07, 6.45) is 3.25. The number of fused-ring (bicyclic) bond motifs is 1. The van der Waals surface area contributed by atoms with E-state index in [1.54, 1.807) is 20.8 Å². The fourth-order valence-electron chi connectivity index (χ4n) is 5.53. The summed E-state index contributed by atoms with van der Waals surface area (Å²) in [5.41, 5.74) is -1.17. The van der Waals surface area contributed by atoms with Crippen LogP contribution in [0.5, 0.6) is 5.88 Å². The molecule has 0 bridgehead atoms. The van der Waals surface area contributed by atoms with Crippen molar-refractivity contribution >= 4 is 50.2 Å². The number of carbonyl (C=O) groups is 3. The van der Waals surface area contributed by atoms with Crippen molar-refractivity contribution in [3.05, 3.63) is 42.7 Å². The molecule has 0 radical (unpaired) electrons. The molecule has 2 aliphatic carbocycles. The minimum Gasteiger partial charge on any atom is -0.471 e. The SMILES string of the molecule is C=C[C@@H]1C[C@]1(NC(=O)[C@@H]1C[C@@H](Oc2nc3ncncc3nc2-c2cccs2)CN1C(=O)[C@@H](O)C(C)(C)C)C(=O)NS(=O)(=O)C1CC1. The molecule has 0 aromatic carbocycles. The number of ether oxygens (including phenoxy) is 1. The highest BCUT2D eigenvalue weighted by Crippen LogP contribution is 2.45. The molecule has 6 rings (SSSR count). The number of amides is 3. The Bertz CT molecular complexity index is 1810. The number of aliphatic hydroxyl groups is 1. The van der Waals surface area contributed by atoms with Crippen LogP contribution in [0.15, 0.2) is 42.7 Å². The van der Waals surface area contributed by atoms with Gasteiger partial charge in [-0.1, -0.05) is 32.9 Å². The molecule has 0 spiro atoms. The molecular weight excluding hydrogens is 635 g/mol. The molecule has 1 saturated heterocycles. The molecule has 5 atom stereocenters. The first-order valence-corrected chi connectivity index (χ1v) is 17.3. The summed E-state index contributed by atoms with van der Waals surface area (Å²) >= 11 is 1.43. The summed E-state index contributed by atoms with van der Waals surface area (Å²) in [6, 6.07) is 2.57. The highest BCUT2D eigenvalue weighted by Gasteiger charge is 2.62. The molecular formula is C30H35N7O7S2. The maximum absolute atomic E-state index is 13.9. The van der Waals surface area contributed by atoms with Gasteiger partial charge >= 0.3 is 0 Å². The van der Waals surface area contributed by atoms with Crippen molar-refractivity contribution in [3.63, 3.8) is 0 Å². The minimum absolute atomic E-state index is 0.00135. The van der Waals surface area contributed by atoms with E-state index in [4.69, 9.17) is 4.74 Å². The lowest BCUT2D eigenvalue weighted by molar-refractivity contribution is -0.150. The molecule has 4 heterocycles. The summed E-state index contributed by atoms with van der Waals surface area (Å²) < 4.78 is 33.6. The normalized spacial score (nSPS) is 25.1. The highest BCUT2D eigenvalue weighted by atomic mass is 32.2. The van der Waals surface area contributed by atoms with E-state index < -0.39 is 68.1 Å². The molecule has 3 fully saturated rings.